The molecule has 1 unspecified atom stereocenters. The Hall–Kier alpha value is -0.860. The van der Waals surface area contributed by atoms with E-state index >= 15 is 0 Å². The molecule has 100 valence electrons. The van der Waals surface area contributed by atoms with Crippen molar-refractivity contribution in [2.75, 3.05) is 20.1 Å². The van der Waals surface area contributed by atoms with Crippen molar-refractivity contribution < 1.29 is 0 Å². The van der Waals surface area contributed by atoms with Gasteiger partial charge in [-0.1, -0.05) is 30.3 Å². The van der Waals surface area contributed by atoms with E-state index in [1.54, 1.807) is 0 Å². The van der Waals surface area contributed by atoms with Gasteiger partial charge >= 0.3 is 0 Å². The van der Waals surface area contributed by atoms with E-state index in [0.717, 1.165) is 6.42 Å². The van der Waals surface area contributed by atoms with Gasteiger partial charge in [0.25, 0.3) is 0 Å². The summed E-state index contributed by atoms with van der Waals surface area (Å²) in [4.78, 5) is 2.64. The Balaban J connectivity index is 2.07. The molecule has 1 aromatic carbocycles. The van der Waals surface area contributed by atoms with Crippen molar-refractivity contribution in [1.82, 2.24) is 10.2 Å². The smallest absolute Gasteiger partial charge is 0.0309 e. The minimum absolute atomic E-state index is 0.223. The van der Waals surface area contributed by atoms with E-state index in [4.69, 9.17) is 0 Å². The summed E-state index contributed by atoms with van der Waals surface area (Å²) in [6.45, 7) is 7.25. The van der Waals surface area contributed by atoms with Gasteiger partial charge in [0.05, 0.1) is 0 Å². The van der Waals surface area contributed by atoms with Crippen LogP contribution < -0.4 is 5.32 Å². The molecule has 2 heteroatoms. The monoisotopic (exact) mass is 246 g/mol. The number of likely N-dealkylation sites (N-methyl/N-ethyl adjacent to an activating group) is 1. The highest BCUT2D eigenvalue weighted by atomic mass is 15.2. The van der Waals surface area contributed by atoms with Gasteiger partial charge in [0.1, 0.15) is 0 Å². The van der Waals surface area contributed by atoms with Crippen molar-refractivity contribution in [1.29, 1.82) is 0 Å². The molecule has 0 amide bonds. The van der Waals surface area contributed by atoms with Crippen LogP contribution in [0.5, 0.6) is 0 Å². The predicted molar refractivity (Wildman–Crippen MR) is 77.9 cm³/mol. The summed E-state index contributed by atoms with van der Waals surface area (Å²) in [6, 6.07) is 11.3. The number of hydrogen-bond acceptors (Lipinski definition) is 2. The van der Waals surface area contributed by atoms with Crippen LogP contribution in [0.2, 0.25) is 0 Å². The number of nitrogens with zero attached hydrogens (tertiary/aromatic N) is 1. The molecule has 0 aliphatic carbocycles. The first-order chi connectivity index (χ1) is 8.64. The van der Waals surface area contributed by atoms with Crippen molar-refractivity contribution in [3.05, 3.63) is 35.9 Å². The highest BCUT2D eigenvalue weighted by Gasteiger charge is 2.35. The van der Waals surface area contributed by atoms with Crippen molar-refractivity contribution in [2.24, 2.45) is 0 Å². The molecule has 1 atom stereocenters. The normalized spacial score (nSPS) is 19.1. The number of hydrogen-bond donors (Lipinski definition) is 1. The lowest BCUT2D eigenvalue weighted by atomic mass is 9.88. The van der Waals surface area contributed by atoms with E-state index in [9.17, 15) is 0 Å². The number of nitrogens with one attached hydrogen (secondary N) is 1. The fourth-order valence-corrected chi connectivity index (χ4v) is 3.07. The lowest BCUT2D eigenvalue weighted by molar-refractivity contribution is 0.110. The largest absolute Gasteiger partial charge is 0.315 e. The van der Waals surface area contributed by atoms with Gasteiger partial charge in [-0.3, -0.25) is 4.90 Å². The maximum atomic E-state index is 3.53. The molecule has 0 bridgehead atoms. The molecule has 0 aromatic heterocycles. The van der Waals surface area contributed by atoms with Crippen LogP contribution in [0.15, 0.2) is 30.3 Å². The predicted octanol–water partition coefficient (Wildman–Crippen LogP) is 2.69. The van der Waals surface area contributed by atoms with Crippen molar-refractivity contribution in [3.63, 3.8) is 0 Å². The molecule has 1 fully saturated rings. The standard InChI is InChI=1S/C16H26N2/c1-16(2,18-11-7-8-12-18)15(17-3)13-14-9-5-4-6-10-14/h4-6,9-10,15,17H,7-8,11-13H2,1-3H3. The summed E-state index contributed by atoms with van der Waals surface area (Å²) >= 11 is 0. The Morgan fingerprint density at radius 3 is 2.33 bits per heavy atom. The maximum Gasteiger partial charge on any atom is 0.0309 e. The highest BCUT2D eigenvalue weighted by molar-refractivity contribution is 5.17. The Kier molecular flexibility index (Phi) is 4.41. The Morgan fingerprint density at radius 1 is 1.17 bits per heavy atom. The molecular formula is C16H26N2. The van der Waals surface area contributed by atoms with Crippen molar-refractivity contribution >= 4 is 0 Å². The van der Waals surface area contributed by atoms with Gasteiger partial charge in [0.15, 0.2) is 0 Å². The molecule has 0 saturated carbocycles. The molecular weight excluding hydrogens is 220 g/mol. The summed E-state index contributed by atoms with van der Waals surface area (Å²) in [6.07, 6.45) is 3.80. The molecule has 18 heavy (non-hydrogen) atoms. The third kappa shape index (κ3) is 2.93. The minimum atomic E-state index is 0.223. The van der Waals surface area contributed by atoms with Gasteiger partial charge in [0, 0.05) is 11.6 Å². The molecule has 0 radical (unpaired) electrons. The van der Waals surface area contributed by atoms with Crippen LogP contribution in [0, 0.1) is 0 Å². The molecule has 1 aromatic rings. The van der Waals surface area contributed by atoms with Gasteiger partial charge in [0.2, 0.25) is 0 Å². The molecule has 1 saturated heterocycles. The first kappa shape index (κ1) is 13.6. The van der Waals surface area contributed by atoms with E-state index in [1.165, 1.54) is 31.5 Å². The van der Waals surface area contributed by atoms with Crippen LogP contribution in [0.4, 0.5) is 0 Å². The molecule has 0 spiro atoms. The molecule has 2 rings (SSSR count). The SMILES string of the molecule is CNC(Cc1ccccc1)C(C)(C)N1CCCC1. The van der Waals surface area contributed by atoms with Gasteiger partial charge in [-0.25, -0.2) is 0 Å². The van der Waals surface area contributed by atoms with Crippen LogP contribution >= 0.6 is 0 Å². The van der Waals surface area contributed by atoms with Gasteiger partial charge < -0.3 is 5.32 Å². The van der Waals surface area contributed by atoms with Crippen LogP contribution in [0.3, 0.4) is 0 Å². The first-order valence-electron chi connectivity index (χ1n) is 7.11. The zero-order chi connectivity index (χ0) is 13.0. The van der Waals surface area contributed by atoms with Crippen molar-refractivity contribution in [3.8, 4) is 0 Å². The molecule has 1 heterocycles. The van der Waals surface area contributed by atoms with Gasteiger partial charge in [-0.2, -0.15) is 0 Å². The maximum absolute atomic E-state index is 3.53. The molecule has 1 aliphatic rings. The summed E-state index contributed by atoms with van der Waals surface area (Å²) in [7, 11) is 2.09. The summed E-state index contributed by atoms with van der Waals surface area (Å²) in [5, 5.41) is 3.53. The quantitative estimate of drug-likeness (QED) is 0.859. The van der Waals surface area contributed by atoms with E-state index < -0.39 is 0 Å². The van der Waals surface area contributed by atoms with Crippen LogP contribution in [0.25, 0.3) is 0 Å². The summed E-state index contributed by atoms with van der Waals surface area (Å²) in [5.74, 6) is 0. The van der Waals surface area contributed by atoms with E-state index in [0.29, 0.717) is 6.04 Å². The number of benzene rings is 1. The van der Waals surface area contributed by atoms with Crippen molar-refractivity contribution in [2.45, 2.75) is 44.7 Å². The third-order valence-electron chi connectivity index (χ3n) is 4.40. The Morgan fingerprint density at radius 2 is 1.78 bits per heavy atom. The van der Waals surface area contributed by atoms with Crippen LogP contribution in [-0.4, -0.2) is 36.6 Å². The average molecular weight is 246 g/mol. The molecule has 2 nitrogen and oxygen atoms in total. The van der Waals surface area contributed by atoms with E-state index in [-0.39, 0.29) is 5.54 Å². The lowest BCUT2D eigenvalue weighted by Gasteiger charge is -2.42. The van der Waals surface area contributed by atoms with Gasteiger partial charge in [-0.15, -0.1) is 0 Å². The average Bonchev–Trinajstić information content (AvgIpc) is 2.91. The molecule has 1 aliphatic heterocycles. The third-order valence-corrected chi connectivity index (χ3v) is 4.40. The van der Waals surface area contributed by atoms with Crippen LogP contribution in [0.1, 0.15) is 32.3 Å². The Bertz CT molecular complexity index is 353. The minimum Gasteiger partial charge on any atom is -0.315 e. The second kappa shape index (κ2) is 5.85. The Labute approximate surface area is 111 Å². The summed E-state index contributed by atoms with van der Waals surface area (Å²) in [5.41, 5.74) is 1.64. The second-order valence-electron chi connectivity index (χ2n) is 5.88. The molecule has 1 N–H and O–H groups in total. The van der Waals surface area contributed by atoms with Gasteiger partial charge in [-0.05, 0) is 58.8 Å². The topological polar surface area (TPSA) is 15.3 Å². The van der Waals surface area contributed by atoms with E-state index in [1.807, 2.05) is 0 Å². The fourth-order valence-electron chi connectivity index (χ4n) is 3.07. The highest BCUT2D eigenvalue weighted by Crippen LogP contribution is 2.26. The lowest BCUT2D eigenvalue weighted by Crippen LogP contribution is -2.57. The van der Waals surface area contributed by atoms with Crippen LogP contribution in [-0.2, 0) is 6.42 Å². The zero-order valence-corrected chi connectivity index (χ0v) is 11.9. The first-order valence-corrected chi connectivity index (χ1v) is 7.11. The number of rotatable bonds is 5. The number of likely N-dealkylation sites (tertiary alicyclic amines) is 1. The zero-order valence-electron chi connectivity index (χ0n) is 11.9. The fraction of sp³-hybridized carbons (Fsp3) is 0.625. The summed E-state index contributed by atoms with van der Waals surface area (Å²) < 4.78 is 0. The van der Waals surface area contributed by atoms with E-state index in [2.05, 4.69) is 61.4 Å². The second-order valence-corrected chi connectivity index (χ2v) is 5.88.